The van der Waals surface area contributed by atoms with E-state index in [0.29, 0.717) is 0 Å². The van der Waals surface area contributed by atoms with E-state index in [-0.39, 0.29) is 6.10 Å². The molecule has 104 valence electrons. The molecule has 0 spiro atoms. The zero-order chi connectivity index (χ0) is 13.8. The minimum absolute atomic E-state index is 0.269. The Bertz CT molecular complexity index is 564. The van der Waals surface area contributed by atoms with Gasteiger partial charge in [-0.15, -0.1) is 0 Å². The van der Waals surface area contributed by atoms with Gasteiger partial charge in [0.05, 0.1) is 0 Å². The highest BCUT2D eigenvalue weighted by Crippen LogP contribution is 2.27. The lowest BCUT2D eigenvalue weighted by Gasteiger charge is -2.16. The molecule has 0 radical (unpaired) electrons. The molecule has 20 heavy (non-hydrogen) atoms. The summed E-state index contributed by atoms with van der Waals surface area (Å²) in [5, 5.41) is 4.08. The SMILES string of the molecule is Clc1ccc(O[C@H]2CCNC2)c(Cc2ccccc2)c1. The lowest BCUT2D eigenvalue weighted by molar-refractivity contribution is 0.221. The number of benzene rings is 2. The third kappa shape index (κ3) is 3.33. The molecule has 1 fully saturated rings. The van der Waals surface area contributed by atoms with E-state index >= 15 is 0 Å². The van der Waals surface area contributed by atoms with Crippen molar-refractivity contribution in [2.24, 2.45) is 0 Å². The van der Waals surface area contributed by atoms with Crippen LogP contribution in [0.5, 0.6) is 5.75 Å². The monoisotopic (exact) mass is 287 g/mol. The fourth-order valence-electron chi connectivity index (χ4n) is 2.53. The Morgan fingerprint density at radius 2 is 2.00 bits per heavy atom. The molecule has 1 aliphatic heterocycles. The summed E-state index contributed by atoms with van der Waals surface area (Å²) in [7, 11) is 0. The van der Waals surface area contributed by atoms with Crippen LogP contribution in [0.4, 0.5) is 0 Å². The fourth-order valence-corrected chi connectivity index (χ4v) is 2.72. The Kier molecular flexibility index (Phi) is 4.24. The molecule has 0 unspecified atom stereocenters. The van der Waals surface area contributed by atoms with Crippen LogP contribution in [0.25, 0.3) is 0 Å². The summed E-state index contributed by atoms with van der Waals surface area (Å²) >= 11 is 6.13. The average molecular weight is 288 g/mol. The Balaban J connectivity index is 1.82. The van der Waals surface area contributed by atoms with Gasteiger partial charge < -0.3 is 10.1 Å². The van der Waals surface area contributed by atoms with Crippen LogP contribution in [0.3, 0.4) is 0 Å². The van der Waals surface area contributed by atoms with Crippen molar-refractivity contribution in [3.05, 3.63) is 64.7 Å². The molecule has 2 aromatic rings. The van der Waals surface area contributed by atoms with Crippen molar-refractivity contribution in [1.29, 1.82) is 0 Å². The van der Waals surface area contributed by atoms with E-state index < -0.39 is 0 Å². The Morgan fingerprint density at radius 3 is 2.75 bits per heavy atom. The quantitative estimate of drug-likeness (QED) is 0.926. The van der Waals surface area contributed by atoms with Gasteiger partial charge in [-0.2, -0.15) is 0 Å². The molecule has 1 heterocycles. The second-order valence-electron chi connectivity index (χ2n) is 5.15. The number of nitrogens with one attached hydrogen (secondary N) is 1. The van der Waals surface area contributed by atoms with Gasteiger partial charge in [0.15, 0.2) is 0 Å². The van der Waals surface area contributed by atoms with E-state index in [9.17, 15) is 0 Å². The third-order valence-electron chi connectivity index (χ3n) is 3.57. The van der Waals surface area contributed by atoms with Gasteiger partial charge >= 0.3 is 0 Å². The first-order chi connectivity index (χ1) is 9.81. The maximum atomic E-state index is 6.13. The van der Waals surface area contributed by atoms with Crippen molar-refractivity contribution in [3.8, 4) is 5.75 Å². The Hall–Kier alpha value is -1.51. The van der Waals surface area contributed by atoms with E-state index in [4.69, 9.17) is 16.3 Å². The van der Waals surface area contributed by atoms with Gasteiger partial charge in [-0.1, -0.05) is 41.9 Å². The lowest BCUT2D eigenvalue weighted by atomic mass is 10.0. The van der Waals surface area contributed by atoms with Crippen LogP contribution in [0, 0.1) is 0 Å². The zero-order valence-corrected chi connectivity index (χ0v) is 12.1. The summed E-state index contributed by atoms with van der Waals surface area (Å²) in [4.78, 5) is 0. The molecule has 1 atom stereocenters. The lowest BCUT2D eigenvalue weighted by Crippen LogP contribution is -2.20. The van der Waals surface area contributed by atoms with Gasteiger partial charge in [-0.25, -0.2) is 0 Å². The topological polar surface area (TPSA) is 21.3 Å². The highest BCUT2D eigenvalue weighted by molar-refractivity contribution is 6.30. The molecule has 1 N–H and O–H groups in total. The molecule has 0 amide bonds. The summed E-state index contributed by atoms with van der Waals surface area (Å²) in [6.07, 6.45) is 2.18. The van der Waals surface area contributed by atoms with Gasteiger partial charge in [0.1, 0.15) is 11.9 Å². The molecule has 0 bridgehead atoms. The minimum atomic E-state index is 0.269. The number of halogens is 1. The molecule has 0 saturated carbocycles. The summed E-state index contributed by atoms with van der Waals surface area (Å²) in [6.45, 7) is 1.96. The second kappa shape index (κ2) is 6.29. The first kappa shape index (κ1) is 13.5. The van der Waals surface area contributed by atoms with Gasteiger partial charge in [-0.05, 0) is 42.3 Å². The molecule has 2 aromatic carbocycles. The van der Waals surface area contributed by atoms with Crippen LogP contribution >= 0.6 is 11.6 Å². The van der Waals surface area contributed by atoms with Crippen LogP contribution < -0.4 is 10.1 Å². The Labute approximate surface area is 124 Å². The summed E-state index contributed by atoms with van der Waals surface area (Å²) in [5.74, 6) is 0.951. The normalized spacial score (nSPS) is 18.1. The first-order valence-electron chi connectivity index (χ1n) is 7.01. The molecule has 3 rings (SSSR count). The van der Waals surface area contributed by atoms with Crippen molar-refractivity contribution in [2.45, 2.75) is 18.9 Å². The number of hydrogen-bond acceptors (Lipinski definition) is 2. The van der Waals surface area contributed by atoms with E-state index in [0.717, 1.165) is 42.3 Å². The molecule has 0 aromatic heterocycles. The van der Waals surface area contributed by atoms with E-state index in [2.05, 4.69) is 29.6 Å². The minimum Gasteiger partial charge on any atom is -0.489 e. The van der Waals surface area contributed by atoms with Crippen LogP contribution in [0.15, 0.2) is 48.5 Å². The summed E-state index contributed by atoms with van der Waals surface area (Å²) < 4.78 is 6.11. The number of hydrogen-bond donors (Lipinski definition) is 1. The first-order valence-corrected chi connectivity index (χ1v) is 7.39. The van der Waals surface area contributed by atoms with Gasteiger partial charge in [0.2, 0.25) is 0 Å². The maximum Gasteiger partial charge on any atom is 0.123 e. The zero-order valence-electron chi connectivity index (χ0n) is 11.3. The average Bonchev–Trinajstić information content (AvgIpc) is 2.96. The largest absolute Gasteiger partial charge is 0.489 e. The van der Waals surface area contributed by atoms with Crippen LogP contribution in [-0.2, 0) is 6.42 Å². The van der Waals surface area contributed by atoms with Gasteiger partial charge in [0, 0.05) is 18.0 Å². The third-order valence-corrected chi connectivity index (χ3v) is 3.80. The van der Waals surface area contributed by atoms with Gasteiger partial charge in [-0.3, -0.25) is 0 Å². The number of ether oxygens (including phenoxy) is 1. The van der Waals surface area contributed by atoms with E-state index in [1.165, 1.54) is 5.56 Å². The summed E-state index contributed by atoms with van der Waals surface area (Å²) in [5.41, 5.74) is 2.42. The molecule has 1 aliphatic rings. The van der Waals surface area contributed by atoms with Crippen molar-refractivity contribution >= 4 is 11.6 Å². The predicted molar refractivity (Wildman–Crippen MR) is 82.6 cm³/mol. The fraction of sp³-hybridized carbons (Fsp3) is 0.294. The van der Waals surface area contributed by atoms with E-state index in [1.807, 2.05) is 24.3 Å². The maximum absolute atomic E-state index is 6.13. The van der Waals surface area contributed by atoms with Crippen molar-refractivity contribution in [1.82, 2.24) is 5.32 Å². The predicted octanol–water partition coefficient (Wildman–Crippen LogP) is 3.67. The van der Waals surface area contributed by atoms with Crippen LogP contribution in [0.1, 0.15) is 17.5 Å². The molecular weight excluding hydrogens is 270 g/mol. The highest BCUT2D eigenvalue weighted by Gasteiger charge is 2.17. The number of rotatable bonds is 4. The van der Waals surface area contributed by atoms with Crippen LogP contribution in [0.2, 0.25) is 5.02 Å². The smallest absolute Gasteiger partial charge is 0.123 e. The van der Waals surface area contributed by atoms with Crippen molar-refractivity contribution in [2.75, 3.05) is 13.1 Å². The Morgan fingerprint density at radius 1 is 1.15 bits per heavy atom. The van der Waals surface area contributed by atoms with Crippen LogP contribution in [-0.4, -0.2) is 19.2 Å². The van der Waals surface area contributed by atoms with Gasteiger partial charge in [0.25, 0.3) is 0 Å². The molecular formula is C17H18ClNO. The molecule has 2 nitrogen and oxygen atoms in total. The standard InChI is InChI=1S/C17H18ClNO/c18-15-6-7-17(20-16-8-9-19-12-16)14(11-15)10-13-4-2-1-3-5-13/h1-7,11,16,19H,8-10,12H2/t16-/m0/s1. The van der Waals surface area contributed by atoms with Crippen molar-refractivity contribution < 1.29 is 4.74 Å². The molecule has 3 heteroatoms. The summed E-state index contributed by atoms with van der Waals surface area (Å²) in [6, 6.07) is 16.3. The molecule has 1 saturated heterocycles. The second-order valence-corrected chi connectivity index (χ2v) is 5.58. The molecule has 0 aliphatic carbocycles. The van der Waals surface area contributed by atoms with Crippen molar-refractivity contribution in [3.63, 3.8) is 0 Å². The van der Waals surface area contributed by atoms with E-state index in [1.54, 1.807) is 0 Å². The highest BCUT2D eigenvalue weighted by atomic mass is 35.5.